The number of aryl methyl sites for hydroxylation is 1. The summed E-state index contributed by atoms with van der Waals surface area (Å²) < 4.78 is 46.0. The molecule has 190 valence electrons. The highest BCUT2D eigenvalue weighted by molar-refractivity contribution is 7.90. The van der Waals surface area contributed by atoms with Crippen LogP contribution >= 0.6 is 0 Å². The molecule has 1 heterocycles. The number of benzene rings is 3. The highest BCUT2D eigenvalue weighted by atomic mass is 32.2. The fourth-order valence-electron chi connectivity index (χ4n) is 5.33. The number of methoxy groups -OCH3 is 1. The van der Waals surface area contributed by atoms with Crippen molar-refractivity contribution in [2.24, 2.45) is 0 Å². The molecule has 1 atom stereocenters. The van der Waals surface area contributed by atoms with Gasteiger partial charge in [0.1, 0.15) is 5.75 Å². The van der Waals surface area contributed by atoms with Crippen LogP contribution in [-0.2, 0) is 37.1 Å². The van der Waals surface area contributed by atoms with Gasteiger partial charge in [0, 0.05) is 17.4 Å². The minimum atomic E-state index is -4.07. The number of carbonyl (C=O) groups is 1. The standard InChI is InChI=1S/C28H31NO6S/c1-33-24-15-13-20(14-16-26-34-17-6-18-35-26)22-10-5-11-23(27(22)24)28(30)29-36(31,32)25-12-4-8-19-7-2-3-9-21(19)25/h2-4,7-9,12-13,15,23,26H,5-6,10-11,14,16-18H2,1H3,(H,29,30). The first kappa shape index (κ1) is 24.7. The predicted octanol–water partition coefficient (Wildman–Crippen LogP) is 4.47. The number of ether oxygens (including phenoxy) is 3. The molecule has 8 heteroatoms. The van der Waals surface area contributed by atoms with Crippen LogP contribution in [0.15, 0.2) is 59.5 Å². The van der Waals surface area contributed by atoms with Crippen molar-refractivity contribution in [3.05, 3.63) is 71.3 Å². The summed E-state index contributed by atoms with van der Waals surface area (Å²) in [5.74, 6) is -0.532. The van der Waals surface area contributed by atoms with Crippen LogP contribution in [0.5, 0.6) is 5.75 Å². The lowest BCUT2D eigenvalue weighted by Crippen LogP contribution is -2.36. The molecular formula is C28H31NO6S. The third-order valence-corrected chi connectivity index (χ3v) is 8.44. The van der Waals surface area contributed by atoms with Crippen molar-refractivity contribution in [3.8, 4) is 5.75 Å². The largest absolute Gasteiger partial charge is 0.496 e. The number of hydrogen-bond acceptors (Lipinski definition) is 6. The molecule has 1 saturated heterocycles. The summed E-state index contributed by atoms with van der Waals surface area (Å²) in [7, 11) is -2.49. The number of sulfonamides is 1. The molecule has 1 aliphatic carbocycles. The maximum absolute atomic E-state index is 13.5. The quantitative estimate of drug-likeness (QED) is 0.505. The zero-order valence-electron chi connectivity index (χ0n) is 20.4. The number of fused-ring (bicyclic) bond motifs is 2. The van der Waals surface area contributed by atoms with E-state index < -0.39 is 21.8 Å². The summed E-state index contributed by atoms with van der Waals surface area (Å²) in [5.41, 5.74) is 2.98. The van der Waals surface area contributed by atoms with Crippen LogP contribution in [0.1, 0.15) is 48.3 Å². The Hall–Kier alpha value is -2.94. The summed E-state index contributed by atoms with van der Waals surface area (Å²) in [6.45, 7) is 1.41. The molecule has 3 aromatic rings. The van der Waals surface area contributed by atoms with E-state index in [1.54, 1.807) is 25.3 Å². The van der Waals surface area contributed by atoms with Crippen LogP contribution in [-0.4, -0.2) is 40.9 Å². The summed E-state index contributed by atoms with van der Waals surface area (Å²) in [6, 6.07) is 16.2. The van der Waals surface area contributed by atoms with E-state index in [4.69, 9.17) is 14.2 Å². The molecule has 0 aromatic heterocycles. The Bertz CT molecular complexity index is 1360. The van der Waals surface area contributed by atoms with Gasteiger partial charge < -0.3 is 14.2 Å². The Labute approximate surface area is 211 Å². The van der Waals surface area contributed by atoms with Gasteiger partial charge in [0.05, 0.1) is 31.1 Å². The Kier molecular flexibility index (Phi) is 7.27. The zero-order valence-corrected chi connectivity index (χ0v) is 21.2. The molecule has 1 aliphatic heterocycles. The van der Waals surface area contributed by atoms with Crippen molar-refractivity contribution in [1.82, 2.24) is 4.72 Å². The zero-order chi connectivity index (χ0) is 25.1. The Morgan fingerprint density at radius 1 is 1.03 bits per heavy atom. The average molecular weight is 510 g/mol. The Balaban J connectivity index is 1.42. The number of amides is 1. The lowest BCUT2D eigenvalue weighted by atomic mass is 9.79. The van der Waals surface area contributed by atoms with Crippen molar-refractivity contribution in [2.75, 3.05) is 20.3 Å². The lowest BCUT2D eigenvalue weighted by Gasteiger charge is -2.29. The third kappa shape index (κ3) is 4.98. The molecule has 1 fully saturated rings. The van der Waals surface area contributed by atoms with Crippen molar-refractivity contribution in [1.29, 1.82) is 0 Å². The minimum absolute atomic E-state index is 0.0955. The monoisotopic (exact) mass is 509 g/mol. The van der Waals surface area contributed by atoms with Gasteiger partial charge in [-0.1, -0.05) is 42.5 Å². The van der Waals surface area contributed by atoms with Crippen LogP contribution in [0.25, 0.3) is 10.8 Å². The van der Waals surface area contributed by atoms with E-state index in [1.165, 1.54) is 6.07 Å². The van der Waals surface area contributed by atoms with Gasteiger partial charge in [0.25, 0.3) is 10.0 Å². The van der Waals surface area contributed by atoms with E-state index in [9.17, 15) is 13.2 Å². The first-order valence-electron chi connectivity index (χ1n) is 12.4. The van der Waals surface area contributed by atoms with Gasteiger partial charge in [0.2, 0.25) is 5.91 Å². The number of nitrogens with one attached hydrogen (secondary N) is 1. The highest BCUT2D eigenvalue weighted by Crippen LogP contribution is 2.40. The second kappa shape index (κ2) is 10.6. The van der Waals surface area contributed by atoms with Gasteiger partial charge in [-0.3, -0.25) is 4.79 Å². The van der Waals surface area contributed by atoms with E-state index in [-0.39, 0.29) is 11.2 Å². The predicted molar refractivity (Wildman–Crippen MR) is 137 cm³/mol. The molecule has 1 amide bonds. The topological polar surface area (TPSA) is 90.9 Å². The molecule has 1 unspecified atom stereocenters. The maximum atomic E-state index is 13.5. The molecule has 5 rings (SSSR count). The van der Waals surface area contributed by atoms with Crippen LogP contribution in [0.4, 0.5) is 0 Å². The molecule has 36 heavy (non-hydrogen) atoms. The first-order chi connectivity index (χ1) is 17.5. The van der Waals surface area contributed by atoms with Gasteiger partial charge in [-0.2, -0.15) is 0 Å². The average Bonchev–Trinajstić information content (AvgIpc) is 2.91. The fourth-order valence-corrected chi connectivity index (χ4v) is 6.58. The van der Waals surface area contributed by atoms with Crippen LogP contribution < -0.4 is 9.46 Å². The molecular weight excluding hydrogens is 478 g/mol. The summed E-state index contributed by atoms with van der Waals surface area (Å²) in [6.07, 6.45) is 4.32. The van der Waals surface area contributed by atoms with Gasteiger partial charge in [-0.25, -0.2) is 13.1 Å². The molecule has 2 aliphatic rings. The van der Waals surface area contributed by atoms with Crippen molar-refractivity contribution in [2.45, 2.75) is 55.6 Å². The van der Waals surface area contributed by atoms with Crippen LogP contribution in [0.2, 0.25) is 0 Å². The maximum Gasteiger partial charge on any atom is 0.264 e. The summed E-state index contributed by atoms with van der Waals surface area (Å²) in [5, 5.41) is 1.38. The molecule has 0 bridgehead atoms. The highest BCUT2D eigenvalue weighted by Gasteiger charge is 2.34. The van der Waals surface area contributed by atoms with E-state index in [2.05, 4.69) is 4.72 Å². The Morgan fingerprint density at radius 2 is 1.81 bits per heavy atom. The van der Waals surface area contributed by atoms with Gasteiger partial charge >= 0.3 is 0 Å². The van der Waals surface area contributed by atoms with E-state index >= 15 is 0 Å². The van der Waals surface area contributed by atoms with Crippen molar-refractivity contribution >= 4 is 26.7 Å². The minimum Gasteiger partial charge on any atom is -0.496 e. The van der Waals surface area contributed by atoms with E-state index in [0.717, 1.165) is 54.2 Å². The lowest BCUT2D eigenvalue weighted by molar-refractivity contribution is -0.180. The summed E-state index contributed by atoms with van der Waals surface area (Å²) in [4.78, 5) is 13.6. The smallest absolute Gasteiger partial charge is 0.264 e. The van der Waals surface area contributed by atoms with Crippen LogP contribution in [0, 0.1) is 0 Å². The molecule has 0 radical (unpaired) electrons. The third-order valence-electron chi connectivity index (χ3n) is 7.04. The molecule has 0 spiro atoms. The van der Waals surface area contributed by atoms with Crippen LogP contribution in [0.3, 0.4) is 0 Å². The summed E-state index contributed by atoms with van der Waals surface area (Å²) >= 11 is 0. The second-order valence-electron chi connectivity index (χ2n) is 9.27. The number of rotatable bonds is 7. The number of carbonyl (C=O) groups excluding carboxylic acids is 1. The molecule has 7 nitrogen and oxygen atoms in total. The number of hydrogen-bond donors (Lipinski definition) is 1. The van der Waals surface area contributed by atoms with Gasteiger partial charge in [0.15, 0.2) is 6.29 Å². The van der Waals surface area contributed by atoms with Crippen molar-refractivity contribution in [3.63, 3.8) is 0 Å². The normalized spacial score (nSPS) is 18.5. The molecule has 0 saturated carbocycles. The van der Waals surface area contributed by atoms with Crippen molar-refractivity contribution < 1.29 is 27.4 Å². The Morgan fingerprint density at radius 3 is 2.61 bits per heavy atom. The molecule has 1 N–H and O–H groups in total. The first-order valence-corrected chi connectivity index (χ1v) is 13.9. The van der Waals surface area contributed by atoms with Gasteiger partial charge in [-0.05, 0) is 60.7 Å². The SMILES string of the molecule is COc1ccc(CCC2OCCCO2)c2c1C(C(=O)NS(=O)(=O)c1cccc3ccccc13)CCC2. The molecule has 3 aromatic carbocycles. The van der Waals surface area contributed by atoms with E-state index in [1.807, 2.05) is 30.3 Å². The second-order valence-corrected chi connectivity index (χ2v) is 10.9. The van der Waals surface area contributed by atoms with Gasteiger partial charge in [-0.15, -0.1) is 0 Å². The fraction of sp³-hybridized carbons (Fsp3) is 0.393. The van der Waals surface area contributed by atoms with E-state index in [0.29, 0.717) is 30.8 Å².